The summed E-state index contributed by atoms with van der Waals surface area (Å²) in [5, 5.41) is 6.02. The van der Waals surface area contributed by atoms with Crippen LogP contribution >= 0.6 is 11.6 Å². The lowest BCUT2D eigenvalue weighted by molar-refractivity contribution is -0.127. The molecule has 1 amide bonds. The summed E-state index contributed by atoms with van der Waals surface area (Å²) in [4.78, 5) is 41.2. The zero-order chi connectivity index (χ0) is 28.2. The molecule has 0 aliphatic carbocycles. The Kier molecular flexibility index (Phi) is 8.02. The van der Waals surface area contributed by atoms with Crippen LogP contribution in [0.4, 0.5) is 5.69 Å². The van der Waals surface area contributed by atoms with Crippen LogP contribution in [-0.4, -0.2) is 49.5 Å². The summed E-state index contributed by atoms with van der Waals surface area (Å²) in [6, 6.07) is 11.0. The van der Waals surface area contributed by atoms with E-state index in [-0.39, 0.29) is 24.4 Å². The third kappa shape index (κ3) is 5.65. The number of amides is 1. The van der Waals surface area contributed by atoms with Crippen LogP contribution in [0.5, 0.6) is 0 Å². The van der Waals surface area contributed by atoms with Crippen LogP contribution < -0.4 is 11.3 Å². The van der Waals surface area contributed by atoms with Gasteiger partial charge in [0.05, 0.1) is 22.3 Å². The summed E-state index contributed by atoms with van der Waals surface area (Å²) in [7, 11) is 0. The molecule has 2 aromatic heterocycles. The van der Waals surface area contributed by atoms with Crippen LogP contribution in [0, 0.1) is 0 Å². The van der Waals surface area contributed by atoms with E-state index in [0.29, 0.717) is 57.4 Å². The third-order valence-corrected chi connectivity index (χ3v) is 7.02. The van der Waals surface area contributed by atoms with Crippen LogP contribution in [0.25, 0.3) is 28.0 Å². The maximum absolute atomic E-state index is 13.3. The van der Waals surface area contributed by atoms with E-state index in [2.05, 4.69) is 33.9 Å². The van der Waals surface area contributed by atoms with Crippen LogP contribution in [-0.2, 0) is 11.3 Å². The van der Waals surface area contributed by atoms with Crippen molar-refractivity contribution in [1.29, 1.82) is 0 Å². The van der Waals surface area contributed by atoms with Crippen LogP contribution in [0.15, 0.2) is 70.3 Å². The highest BCUT2D eigenvalue weighted by Gasteiger charge is 2.22. The monoisotopic (exact) mass is 555 g/mol. The van der Waals surface area contributed by atoms with E-state index in [1.807, 2.05) is 35.2 Å². The lowest BCUT2D eigenvalue weighted by atomic mass is 9.99. The van der Waals surface area contributed by atoms with Gasteiger partial charge in [-0.05, 0) is 60.4 Å². The van der Waals surface area contributed by atoms with E-state index < -0.39 is 0 Å². The minimum atomic E-state index is -0.226. The van der Waals surface area contributed by atoms with Crippen LogP contribution in [0.1, 0.15) is 44.5 Å². The Morgan fingerprint density at radius 1 is 1.07 bits per heavy atom. The van der Waals surface area contributed by atoms with E-state index in [9.17, 15) is 9.59 Å². The molecule has 0 radical (unpaired) electrons. The summed E-state index contributed by atoms with van der Waals surface area (Å²) >= 11 is 6.77. The second-order valence-corrected chi connectivity index (χ2v) is 10.1. The second kappa shape index (κ2) is 11.8. The van der Waals surface area contributed by atoms with Crippen molar-refractivity contribution in [2.75, 3.05) is 13.1 Å². The fraction of sp³-hybridized carbons (Fsp3) is 0.267. The van der Waals surface area contributed by atoms with Crippen molar-refractivity contribution in [2.45, 2.75) is 39.7 Å². The predicted molar refractivity (Wildman–Crippen MR) is 159 cm³/mol. The number of amidine groups is 1. The molecule has 2 aromatic carbocycles. The van der Waals surface area contributed by atoms with Gasteiger partial charge >= 0.3 is 0 Å². The lowest BCUT2D eigenvalue weighted by Crippen LogP contribution is -2.34. The molecule has 2 N–H and O–H groups in total. The van der Waals surface area contributed by atoms with Crippen molar-refractivity contribution in [1.82, 2.24) is 24.6 Å². The Morgan fingerprint density at radius 2 is 1.82 bits per heavy atom. The number of carbonyl (C=O) groups is 1. The van der Waals surface area contributed by atoms with Gasteiger partial charge in [-0.25, -0.2) is 19.6 Å². The summed E-state index contributed by atoms with van der Waals surface area (Å²) in [5.74, 6) is 0.821. The number of hydrogen-bond donors (Lipinski definition) is 1. The molecule has 0 fully saturated rings. The zero-order valence-electron chi connectivity index (χ0n) is 22.5. The van der Waals surface area contributed by atoms with E-state index in [1.54, 1.807) is 30.7 Å². The fourth-order valence-corrected chi connectivity index (χ4v) is 5.11. The van der Waals surface area contributed by atoms with Crippen molar-refractivity contribution >= 4 is 45.9 Å². The first kappa shape index (κ1) is 27.2. The Bertz CT molecular complexity index is 1690. The summed E-state index contributed by atoms with van der Waals surface area (Å²) in [6.07, 6.45) is 8.74. The number of aliphatic imine (C=N–C) groups is 1. The molecule has 0 atom stereocenters. The topological polar surface area (TPSA) is 119 Å². The van der Waals surface area contributed by atoms with Gasteiger partial charge in [-0.2, -0.15) is 5.10 Å². The lowest BCUT2D eigenvalue weighted by Gasteiger charge is -2.22. The molecular formula is C30H30ClN7O2. The first-order chi connectivity index (χ1) is 19.4. The Balaban J connectivity index is 1.50. The van der Waals surface area contributed by atoms with Gasteiger partial charge in [0.1, 0.15) is 18.2 Å². The molecule has 0 saturated carbocycles. The molecule has 0 bridgehead atoms. The first-order valence-electron chi connectivity index (χ1n) is 13.3. The van der Waals surface area contributed by atoms with Crippen molar-refractivity contribution in [3.63, 3.8) is 0 Å². The van der Waals surface area contributed by atoms with E-state index in [0.717, 1.165) is 24.0 Å². The summed E-state index contributed by atoms with van der Waals surface area (Å²) < 4.78 is 1.35. The molecule has 1 aliphatic rings. The predicted octanol–water partition coefficient (Wildman–Crippen LogP) is 4.98. The third-order valence-electron chi connectivity index (χ3n) is 6.71. The number of carbonyl (C=O) groups excluding carboxylic acids is 1. The van der Waals surface area contributed by atoms with Gasteiger partial charge in [-0.1, -0.05) is 31.5 Å². The number of nitrogens with two attached hydrogens (primary N) is 1. The summed E-state index contributed by atoms with van der Waals surface area (Å²) in [6.45, 7) is 5.66. The highest BCUT2D eigenvalue weighted by Crippen LogP contribution is 2.37. The van der Waals surface area contributed by atoms with Gasteiger partial charge in [0, 0.05) is 48.4 Å². The SMILES string of the molecule is CCCN(CCC)C(=O)C1=Cc2c(Cl)cc(-c3ccc4c(=O)n(Cc5ncccn5)ncc4c3)cc2N=C(N)C1. The normalized spacial score (nSPS) is 12.9. The molecular weight excluding hydrogens is 526 g/mol. The Labute approximate surface area is 237 Å². The largest absolute Gasteiger partial charge is 0.387 e. The minimum Gasteiger partial charge on any atom is -0.387 e. The maximum atomic E-state index is 13.3. The molecule has 10 heteroatoms. The standard InChI is InChI=1S/C30H30ClN7O2/c1-3-10-37(11-4-2)29(39)21-13-24-25(31)14-20(15-26(24)36-27(32)16-21)19-6-7-23-22(12-19)17-35-38(30(23)40)18-28-33-8-5-9-34-28/h5-9,12-15,17H,3-4,10-11,16,18H2,1-2H3,(H2,32,36). The molecule has 0 unspecified atom stereocenters. The number of aromatic nitrogens is 4. The zero-order valence-corrected chi connectivity index (χ0v) is 23.2. The number of nitrogens with zero attached hydrogens (tertiary/aromatic N) is 6. The maximum Gasteiger partial charge on any atom is 0.275 e. The van der Waals surface area contributed by atoms with Crippen LogP contribution in [0.3, 0.4) is 0 Å². The molecule has 9 nitrogen and oxygen atoms in total. The molecule has 3 heterocycles. The Morgan fingerprint density at radius 3 is 2.55 bits per heavy atom. The number of fused-ring (bicyclic) bond motifs is 2. The summed E-state index contributed by atoms with van der Waals surface area (Å²) in [5.41, 5.74) is 9.53. The number of benzene rings is 2. The van der Waals surface area contributed by atoms with Crippen molar-refractivity contribution in [2.24, 2.45) is 10.7 Å². The van der Waals surface area contributed by atoms with Gasteiger partial charge in [-0.3, -0.25) is 9.59 Å². The number of hydrogen-bond acceptors (Lipinski definition) is 7. The average Bonchev–Trinajstić information content (AvgIpc) is 3.13. The minimum absolute atomic E-state index is 0.0404. The average molecular weight is 556 g/mol. The smallest absolute Gasteiger partial charge is 0.275 e. The molecule has 1 aliphatic heterocycles. The van der Waals surface area contributed by atoms with Crippen LogP contribution in [0.2, 0.25) is 5.02 Å². The number of rotatable bonds is 8. The molecule has 40 heavy (non-hydrogen) atoms. The first-order valence-corrected chi connectivity index (χ1v) is 13.7. The van der Waals surface area contributed by atoms with Crippen molar-refractivity contribution < 1.29 is 4.79 Å². The highest BCUT2D eigenvalue weighted by atomic mass is 35.5. The fourth-order valence-electron chi connectivity index (χ4n) is 4.84. The van der Waals surface area contributed by atoms with Gasteiger partial charge < -0.3 is 10.6 Å². The van der Waals surface area contributed by atoms with E-state index in [4.69, 9.17) is 17.3 Å². The van der Waals surface area contributed by atoms with Crippen molar-refractivity contribution in [3.8, 4) is 11.1 Å². The highest BCUT2D eigenvalue weighted by molar-refractivity contribution is 6.33. The number of halogens is 1. The Hall–Kier alpha value is -4.37. The molecule has 4 aromatic rings. The molecule has 5 rings (SSSR count). The molecule has 0 saturated heterocycles. The van der Waals surface area contributed by atoms with Gasteiger partial charge in [0.15, 0.2) is 0 Å². The second-order valence-electron chi connectivity index (χ2n) is 9.71. The van der Waals surface area contributed by atoms with Crippen molar-refractivity contribution in [3.05, 3.63) is 87.3 Å². The molecule has 0 spiro atoms. The van der Waals surface area contributed by atoms with E-state index in [1.165, 1.54) is 4.68 Å². The van der Waals surface area contributed by atoms with E-state index >= 15 is 0 Å². The van der Waals surface area contributed by atoms with Gasteiger partial charge in [0.2, 0.25) is 5.91 Å². The van der Waals surface area contributed by atoms with Gasteiger partial charge in [0.25, 0.3) is 5.56 Å². The van der Waals surface area contributed by atoms with Gasteiger partial charge in [-0.15, -0.1) is 0 Å². The molecule has 204 valence electrons. The quantitative estimate of drug-likeness (QED) is 0.327.